The average Bonchev–Trinajstić information content (AvgIpc) is 2.97. The normalized spacial score (nSPS) is 22.9. The molecule has 2 N–H and O–H groups in total. The number of pyridine rings is 1. The molecule has 0 spiro atoms. The first-order chi connectivity index (χ1) is 20.4. The number of alkyl halides is 3. The van der Waals surface area contributed by atoms with Crippen molar-refractivity contribution < 1.29 is 27.1 Å². The van der Waals surface area contributed by atoms with Gasteiger partial charge in [-0.3, -0.25) is 19.4 Å². The Morgan fingerprint density at radius 2 is 1.81 bits per heavy atom. The standard InChI is InChI=1S/C31H39F4N5O3/c1-19-16-40(17-20(2)38(19)3)28-14-26(32)23(22-4-8-39(9-5-22)18-21-6-10-43-11-7-21)12-27(28)37-30(42)24-15-36-29(41)13-25(24)31(33,34)35/h4,12-15,19-21H,5-11,16-18H2,1-3H3,(H,36,41)(H,37,42)/t19-,20?/m0/s1. The van der Waals surface area contributed by atoms with E-state index in [1.54, 1.807) is 0 Å². The molecule has 3 aliphatic heterocycles. The van der Waals surface area contributed by atoms with E-state index >= 15 is 4.39 Å². The molecule has 2 atom stereocenters. The molecule has 0 radical (unpaired) electrons. The Morgan fingerprint density at radius 1 is 1.12 bits per heavy atom. The Bertz CT molecular complexity index is 1410. The number of hydrogen-bond donors (Lipinski definition) is 2. The van der Waals surface area contributed by atoms with Crippen LogP contribution in [0.5, 0.6) is 0 Å². The van der Waals surface area contributed by atoms with Crippen molar-refractivity contribution in [1.29, 1.82) is 0 Å². The van der Waals surface area contributed by atoms with Crippen molar-refractivity contribution in [3.63, 3.8) is 0 Å². The third kappa shape index (κ3) is 7.13. The number of hydrogen-bond acceptors (Lipinski definition) is 6. The van der Waals surface area contributed by atoms with Crippen molar-refractivity contribution in [2.45, 2.75) is 51.4 Å². The number of ether oxygens (including phenoxy) is 1. The quantitative estimate of drug-likeness (QED) is 0.460. The summed E-state index contributed by atoms with van der Waals surface area (Å²) in [6.07, 6.45) is 0.511. The van der Waals surface area contributed by atoms with E-state index in [-0.39, 0.29) is 17.8 Å². The maximum atomic E-state index is 15.8. The summed E-state index contributed by atoms with van der Waals surface area (Å²) in [6, 6.07) is 3.52. The van der Waals surface area contributed by atoms with Crippen LogP contribution in [-0.4, -0.2) is 85.8 Å². The molecule has 1 aromatic carbocycles. The number of aromatic nitrogens is 1. The molecule has 234 valence electrons. The van der Waals surface area contributed by atoms with Crippen LogP contribution in [0.3, 0.4) is 0 Å². The van der Waals surface area contributed by atoms with E-state index in [0.717, 1.165) is 50.9 Å². The van der Waals surface area contributed by atoms with E-state index in [2.05, 4.69) is 20.1 Å². The smallest absolute Gasteiger partial charge is 0.381 e. The average molecular weight is 606 g/mol. The zero-order chi connectivity index (χ0) is 30.9. The molecule has 0 aliphatic carbocycles. The number of piperazine rings is 1. The van der Waals surface area contributed by atoms with Gasteiger partial charge in [-0.05, 0) is 63.8 Å². The summed E-state index contributed by atoms with van der Waals surface area (Å²) in [6.45, 7) is 9.09. The summed E-state index contributed by atoms with van der Waals surface area (Å²) in [4.78, 5) is 33.7. The maximum Gasteiger partial charge on any atom is 0.417 e. The van der Waals surface area contributed by atoms with Crippen LogP contribution in [0.4, 0.5) is 28.9 Å². The Kier molecular flexibility index (Phi) is 9.29. The molecule has 5 rings (SSSR count). The van der Waals surface area contributed by atoms with Gasteiger partial charge in [0.1, 0.15) is 5.82 Å². The number of benzene rings is 1. The van der Waals surface area contributed by atoms with Crippen LogP contribution < -0.4 is 15.8 Å². The lowest BCUT2D eigenvalue weighted by molar-refractivity contribution is -0.138. The van der Waals surface area contributed by atoms with Crippen molar-refractivity contribution in [2.75, 3.05) is 63.2 Å². The van der Waals surface area contributed by atoms with E-state index in [9.17, 15) is 22.8 Å². The number of aromatic amines is 1. The van der Waals surface area contributed by atoms with Crippen molar-refractivity contribution >= 4 is 22.9 Å². The topological polar surface area (TPSA) is 80.9 Å². The van der Waals surface area contributed by atoms with Gasteiger partial charge in [-0.1, -0.05) is 6.08 Å². The summed E-state index contributed by atoms with van der Waals surface area (Å²) in [7, 11) is 2.01. The highest BCUT2D eigenvalue weighted by atomic mass is 19.4. The number of anilines is 2. The maximum absolute atomic E-state index is 15.8. The molecule has 3 aliphatic rings. The first-order valence-electron chi connectivity index (χ1n) is 14.8. The Hall–Kier alpha value is -3.22. The van der Waals surface area contributed by atoms with E-state index in [1.807, 2.05) is 31.9 Å². The molecule has 2 saturated heterocycles. The van der Waals surface area contributed by atoms with Gasteiger partial charge < -0.3 is 19.9 Å². The van der Waals surface area contributed by atoms with Crippen molar-refractivity contribution in [3.05, 3.63) is 63.3 Å². The van der Waals surface area contributed by atoms with Gasteiger partial charge in [-0.25, -0.2) is 4.39 Å². The largest absolute Gasteiger partial charge is 0.417 e. The zero-order valence-corrected chi connectivity index (χ0v) is 24.8. The van der Waals surface area contributed by atoms with Crippen LogP contribution in [-0.2, 0) is 10.9 Å². The summed E-state index contributed by atoms with van der Waals surface area (Å²) >= 11 is 0. The number of carbonyl (C=O) groups excluding carboxylic acids is 1. The minimum atomic E-state index is -4.91. The van der Waals surface area contributed by atoms with Crippen LogP contribution >= 0.6 is 0 Å². The number of rotatable bonds is 6. The minimum absolute atomic E-state index is 0.119. The zero-order valence-electron chi connectivity index (χ0n) is 24.8. The number of halogens is 4. The lowest BCUT2D eigenvalue weighted by Crippen LogP contribution is -2.55. The number of H-pyrrole nitrogens is 1. The predicted molar refractivity (Wildman–Crippen MR) is 158 cm³/mol. The second-order valence-electron chi connectivity index (χ2n) is 12.0. The van der Waals surface area contributed by atoms with Gasteiger partial charge >= 0.3 is 6.18 Å². The fourth-order valence-electron chi connectivity index (χ4n) is 6.27. The highest BCUT2D eigenvalue weighted by Crippen LogP contribution is 2.37. The van der Waals surface area contributed by atoms with Gasteiger partial charge in [0.2, 0.25) is 5.56 Å². The fourth-order valence-corrected chi connectivity index (χ4v) is 6.27. The summed E-state index contributed by atoms with van der Waals surface area (Å²) in [5.74, 6) is -0.918. The van der Waals surface area contributed by atoms with Crippen LogP contribution in [0, 0.1) is 11.7 Å². The number of carbonyl (C=O) groups is 1. The lowest BCUT2D eigenvalue weighted by atomic mass is 9.95. The minimum Gasteiger partial charge on any atom is -0.381 e. The highest BCUT2D eigenvalue weighted by molar-refractivity contribution is 6.07. The molecule has 1 unspecified atom stereocenters. The van der Waals surface area contributed by atoms with Crippen LogP contribution in [0.1, 0.15) is 54.6 Å². The van der Waals surface area contributed by atoms with Crippen LogP contribution in [0.2, 0.25) is 0 Å². The van der Waals surface area contributed by atoms with E-state index < -0.39 is 34.6 Å². The number of likely N-dealkylation sites (N-methyl/N-ethyl adjacent to an activating group) is 1. The van der Waals surface area contributed by atoms with Gasteiger partial charge in [0.15, 0.2) is 0 Å². The van der Waals surface area contributed by atoms with Crippen LogP contribution in [0.15, 0.2) is 35.3 Å². The van der Waals surface area contributed by atoms with Gasteiger partial charge in [0.25, 0.3) is 5.91 Å². The molecule has 1 amide bonds. The van der Waals surface area contributed by atoms with Gasteiger partial charge in [-0.2, -0.15) is 13.2 Å². The molecule has 8 nitrogen and oxygen atoms in total. The molecule has 1 aromatic heterocycles. The first-order valence-corrected chi connectivity index (χ1v) is 14.8. The SMILES string of the molecule is CC1CN(c2cc(F)c(C3=CCN(CC4CCOCC4)CC3)cc2NC(=O)c2c[nH]c(=O)cc2C(F)(F)F)C[C@H](C)N1C. The van der Waals surface area contributed by atoms with Gasteiger partial charge in [0, 0.05) is 75.8 Å². The Balaban J connectivity index is 1.47. The lowest BCUT2D eigenvalue weighted by Gasteiger charge is -2.44. The van der Waals surface area contributed by atoms with Gasteiger partial charge in [-0.15, -0.1) is 0 Å². The van der Waals surface area contributed by atoms with Crippen molar-refractivity contribution in [2.24, 2.45) is 5.92 Å². The van der Waals surface area contributed by atoms with Crippen LogP contribution in [0.25, 0.3) is 5.57 Å². The van der Waals surface area contributed by atoms with E-state index in [1.165, 1.54) is 12.1 Å². The summed E-state index contributed by atoms with van der Waals surface area (Å²) < 4.78 is 62.5. The number of nitrogens with zero attached hydrogens (tertiary/aromatic N) is 3. The monoisotopic (exact) mass is 605 g/mol. The molecular formula is C31H39F4N5O3. The Morgan fingerprint density at radius 3 is 2.44 bits per heavy atom. The third-order valence-electron chi connectivity index (χ3n) is 9.00. The fraction of sp³-hybridized carbons (Fsp3) is 0.548. The van der Waals surface area contributed by atoms with E-state index in [0.29, 0.717) is 49.3 Å². The molecule has 0 bridgehead atoms. The summed E-state index contributed by atoms with van der Waals surface area (Å²) in [5.41, 5.74) is -1.29. The molecular weight excluding hydrogens is 566 g/mol. The third-order valence-corrected chi connectivity index (χ3v) is 9.00. The Labute approximate surface area is 248 Å². The molecule has 12 heteroatoms. The summed E-state index contributed by atoms with van der Waals surface area (Å²) in [5, 5.41) is 2.63. The second-order valence-corrected chi connectivity index (χ2v) is 12.0. The van der Waals surface area contributed by atoms with E-state index in [4.69, 9.17) is 4.74 Å². The number of nitrogens with one attached hydrogen (secondary N) is 2. The molecule has 2 fully saturated rings. The highest BCUT2D eigenvalue weighted by Gasteiger charge is 2.36. The predicted octanol–water partition coefficient (Wildman–Crippen LogP) is 4.83. The number of amides is 1. The molecule has 43 heavy (non-hydrogen) atoms. The molecule has 2 aromatic rings. The molecule has 4 heterocycles. The van der Waals surface area contributed by atoms with Crippen molar-refractivity contribution in [3.8, 4) is 0 Å². The second kappa shape index (κ2) is 12.8. The van der Waals surface area contributed by atoms with Crippen molar-refractivity contribution in [1.82, 2.24) is 14.8 Å². The first kappa shape index (κ1) is 31.2. The molecule has 0 saturated carbocycles. The van der Waals surface area contributed by atoms with Gasteiger partial charge in [0.05, 0.1) is 22.5 Å².